The van der Waals surface area contributed by atoms with Crippen LogP contribution in [0, 0.1) is 11.3 Å². The molecule has 148 valence electrons. The lowest BCUT2D eigenvalue weighted by Gasteiger charge is -2.54. The van der Waals surface area contributed by atoms with E-state index in [1.807, 2.05) is 12.1 Å². The largest absolute Gasteiger partial charge is 0.469 e. The Balaban J connectivity index is 1.92. The van der Waals surface area contributed by atoms with Gasteiger partial charge in [0.15, 0.2) is 0 Å². The Kier molecular flexibility index (Phi) is 5.99. The molecule has 0 heterocycles. The van der Waals surface area contributed by atoms with E-state index in [4.69, 9.17) is 9.47 Å². The molecule has 0 bridgehead atoms. The number of hydrogen-bond donors (Lipinski definition) is 0. The van der Waals surface area contributed by atoms with Crippen molar-refractivity contribution in [1.29, 1.82) is 0 Å². The predicted molar refractivity (Wildman–Crippen MR) is 108 cm³/mol. The van der Waals surface area contributed by atoms with Gasteiger partial charge in [0.05, 0.1) is 12.5 Å². The van der Waals surface area contributed by atoms with Gasteiger partial charge in [0.1, 0.15) is 5.75 Å². The predicted octanol–water partition coefficient (Wildman–Crippen LogP) is 4.95. The molecule has 5 heteroatoms. The number of benzene rings is 1. The number of alkyl halides is 1. The highest BCUT2D eigenvalue weighted by Crippen LogP contribution is 2.57. The SMILES string of the molecule is COC(=O)[C@@]1(C)CCC[C@]2(C)c3cc(OC(=O)CCCBr)ccc3CC[C@@H]12. The van der Waals surface area contributed by atoms with Gasteiger partial charge in [-0.2, -0.15) is 0 Å². The molecule has 27 heavy (non-hydrogen) atoms. The first-order valence-corrected chi connectivity index (χ1v) is 11.0. The summed E-state index contributed by atoms with van der Waals surface area (Å²) < 4.78 is 10.8. The summed E-state index contributed by atoms with van der Waals surface area (Å²) in [5.74, 6) is 0.549. The normalized spacial score (nSPS) is 29.4. The Morgan fingerprint density at radius 1 is 1.26 bits per heavy atom. The molecular formula is C22H29BrO4. The highest BCUT2D eigenvalue weighted by Gasteiger charge is 2.55. The number of carbonyl (C=O) groups excluding carboxylic acids is 2. The topological polar surface area (TPSA) is 52.6 Å². The van der Waals surface area contributed by atoms with Gasteiger partial charge in [-0.1, -0.05) is 35.3 Å². The fourth-order valence-electron chi connectivity index (χ4n) is 5.37. The maximum atomic E-state index is 12.6. The van der Waals surface area contributed by atoms with Gasteiger partial charge in [-0.25, -0.2) is 0 Å². The Bertz CT molecular complexity index is 731. The van der Waals surface area contributed by atoms with Gasteiger partial charge in [0.2, 0.25) is 0 Å². The Hall–Kier alpha value is -1.36. The number of fused-ring (bicyclic) bond motifs is 3. The second-order valence-corrected chi connectivity index (χ2v) is 9.15. The van der Waals surface area contributed by atoms with Crippen LogP contribution in [-0.2, 0) is 26.2 Å². The molecule has 0 aromatic heterocycles. The van der Waals surface area contributed by atoms with Gasteiger partial charge in [0, 0.05) is 11.8 Å². The molecule has 0 unspecified atom stereocenters. The minimum atomic E-state index is -0.456. The zero-order valence-electron chi connectivity index (χ0n) is 16.5. The Morgan fingerprint density at radius 3 is 2.74 bits per heavy atom. The third kappa shape index (κ3) is 3.67. The maximum absolute atomic E-state index is 12.6. The summed E-state index contributed by atoms with van der Waals surface area (Å²) in [6.07, 6.45) is 6.01. The quantitative estimate of drug-likeness (QED) is 0.372. The minimum Gasteiger partial charge on any atom is -0.469 e. The second-order valence-electron chi connectivity index (χ2n) is 8.36. The fourth-order valence-corrected chi connectivity index (χ4v) is 5.65. The van der Waals surface area contributed by atoms with Crippen molar-refractivity contribution >= 4 is 27.9 Å². The van der Waals surface area contributed by atoms with E-state index in [9.17, 15) is 9.59 Å². The molecule has 1 fully saturated rings. The summed E-state index contributed by atoms with van der Waals surface area (Å²) in [4.78, 5) is 24.6. The first-order chi connectivity index (χ1) is 12.8. The summed E-state index contributed by atoms with van der Waals surface area (Å²) in [7, 11) is 1.49. The van der Waals surface area contributed by atoms with Crippen LogP contribution in [0.25, 0.3) is 0 Å². The molecule has 3 atom stereocenters. The van der Waals surface area contributed by atoms with Crippen molar-refractivity contribution in [3.63, 3.8) is 0 Å². The molecule has 3 rings (SSSR count). The molecule has 1 aromatic rings. The summed E-state index contributed by atoms with van der Waals surface area (Å²) in [5.41, 5.74) is 1.98. The summed E-state index contributed by atoms with van der Waals surface area (Å²) in [5, 5.41) is 0.790. The van der Waals surface area contributed by atoms with Crippen LogP contribution in [0.2, 0.25) is 0 Å². The molecular weight excluding hydrogens is 408 g/mol. The lowest BCUT2D eigenvalue weighted by Crippen LogP contribution is -2.52. The number of rotatable bonds is 5. The van der Waals surface area contributed by atoms with Crippen molar-refractivity contribution in [2.24, 2.45) is 11.3 Å². The van der Waals surface area contributed by atoms with E-state index < -0.39 is 5.41 Å². The van der Waals surface area contributed by atoms with E-state index >= 15 is 0 Å². The summed E-state index contributed by atoms with van der Waals surface area (Å²) >= 11 is 3.34. The van der Waals surface area contributed by atoms with E-state index in [2.05, 4.69) is 35.8 Å². The number of halogens is 1. The van der Waals surface area contributed by atoms with Crippen molar-refractivity contribution in [1.82, 2.24) is 0 Å². The molecule has 1 saturated carbocycles. The smallest absolute Gasteiger partial charge is 0.311 e. The van der Waals surface area contributed by atoms with Gasteiger partial charge in [-0.15, -0.1) is 0 Å². The number of carbonyl (C=O) groups is 2. The lowest BCUT2D eigenvalue weighted by molar-refractivity contribution is -0.161. The molecule has 0 aliphatic heterocycles. The third-order valence-electron chi connectivity index (χ3n) is 6.73. The number of aryl methyl sites for hydroxylation is 1. The summed E-state index contributed by atoms with van der Waals surface area (Å²) in [6.45, 7) is 4.34. The van der Waals surface area contributed by atoms with Crippen LogP contribution in [0.15, 0.2) is 18.2 Å². The standard InChI is InChI=1S/C22H29BrO4/c1-21-11-5-12-22(2,20(25)26-3)18(21)10-8-15-7-9-16(14-17(15)21)27-19(24)6-4-13-23/h7,9,14,18H,4-6,8,10-13H2,1-3H3/t18-,21-,22+/m1/s1. The molecule has 0 amide bonds. The minimum absolute atomic E-state index is 0.0979. The van der Waals surface area contributed by atoms with Gasteiger partial charge in [0.25, 0.3) is 0 Å². The molecule has 0 N–H and O–H groups in total. The van der Waals surface area contributed by atoms with E-state index in [1.54, 1.807) is 0 Å². The number of hydrogen-bond acceptors (Lipinski definition) is 4. The third-order valence-corrected chi connectivity index (χ3v) is 7.29. The van der Waals surface area contributed by atoms with E-state index in [-0.39, 0.29) is 23.3 Å². The average molecular weight is 437 g/mol. The lowest BCUT2D eigenvalue weighted by atomic mass is 9.50. The van der Waals surface area contributed by atoms with Gasteiger partial charge in [-0.05, 0) is 73.6 Å². The Morgan fingerprint density at radius 2 is 2.04 bits per heavy atom. The van der Waals surface area contributed by atoms with E-state index in [0.29, 0.717) is 12.2 Å². The molecule has 2 aliphatic carbocycles. The van der Waals surface area contributed by atoms with Crippen LogP contribution in [-0.4, -0.2) is 24.4 Å². The Labute approximate surface area is 170 Å². The van der Waals surface area contributed by atoms with Crippen molar-refractivity contribution in [2.75, 3.05) is 12.4 Å². The molecule has 0 radical (unpaired) electrons. The monoisotopic (exact) mass is 436 g/mol. The zero-order chi connectivity index (χ0) is 19.7. The molecule has 0 spiro atoms. The van der Waals surface area contributed by atoms with Gasteiger partial charge >= 0.3 is 11.9 Å². The maximum Gasteiger partial charge on any atom is 0.311 e. The van der Waals surface area contributed by atoms with Crippen molar-refractivity contribution in [3.05, 3.63) is 29.3 Å². The summed E-state index contributed by atoms with van der Waals surface area (Å²) in [6, 6.07) is 6.03. The first kappa shape index (κ1) is 20.4. The molecule has 2 aliphatic rings. The van der Waals surface area contributed by atoms with Crippen LogP contribution in [0.1, 0.15) is 63.5 Å². The average Bonchev–Trinajstić information content (AvgIpc) is 2.65. The highest BCUT2D eigenvalue weighted by molar-refractivity contribution is 9.09. The highest BCUT2D eigenvalue weighted by atomic mass is 79.9. The number of esters is 2. The van der Waals surface area contributed by atoms with Gasteiger partial charge in [-0.3, -0.25) is 9.59 Å². The van der Waals surface area contributed by atoms with E-state index in [0.717, 1.165) is 43.9 Å². The molecule has 0 saturated heterocycles. The second kappa shape index (κ2) is 7.94. The van der Waals surface area contributed by atoms with Crippen LogP contribution >= 0.6 is 15.9 Å². The van der Waals surface area contributed by atoms with Crippen LogP contribution in [0.5, 0.6) is 5.75 Å². The van der Waals surface area contributed by atoms with Crippen molar-refractivity contribution in [3.8, 4) is 5.75 Å². The molecule has 1 aromatic carbocycles. The van der Waals surface area contributed by atoms with E-state index in [1.165, 1.54) is 18.2 Å². The molecule has 4 nitrogen and oxygen atoms in total. The first-order valence-electron chi connectivity index (χ1n) is 9.83. The zero-order valence-corrected chi connectivity index (χ0v) is 18.1. The van der Waals surface area contributed by atoms with Crippen LogP contribution in [0.4, 0.5) is 0 Å². The van der Waals surface area contributed by atoms with Crippen LogP contribution < -0.4 is 4.74 Å². The van der Waals surface area contributed by atoms with Gasteiger partial charge < -0.3 is 9.47 Å². The fraction of sp³-hybridized carbons (Fsp3) is 0.636. The van der Waals surface area contributed by atoms with Crippen molar-refractivity contribution < 1.29 is 19.1 Å². The number of ether oxygens (including phenoxy) is 2. The van der Waals surface area contributed by atoms with Crippen molar-refractivity contribution in [2.45, 2.75) is 64.2 Å². The van der Waals surface area contributed by atoms with Crippen LogP contribution in [0.3, 0.4) is 0 Å². The number of methoxy groups -OCH3 is 1.